The second-order valence-corrected chi connectivity index (χ2v) is 4.63. The van der Waals surface area contributed by atoms with Crippen LogP contribution in [0.25, 0.3) is 27.6 Å². The van der Waals surface area contributed by atoms with Crippen molar-refractivity contribution in [3.63, 3.8) is 0 Å². The third-order valence-electron chi connectivity index (χ3n) is 3.58. The van der Waals surface area contributed by atoms with Gasteiger partial charge in [-0.3, -0.25) is 0 Å². The van der Waals surface area contributed by atoms with E-state index in [1.807, 2.05) is 27.7 Å². The summed E-state index contributed by atoms with van der Waals surface area (Å²) in [7, 11) is 0. The number of allylic oxidation sites excluding steroid dienone is 1. The van der Waals surface area contributed by atoms with Crippen molar-refractivity contribution in [3.8, 4) is 0 Å². The van der Waals surface area contributed by atoms with Crippen LogP contribution in [0.3, 0.4) is 0 Å². The molecule has 3 aromatic rings. The summed E-state index contributed by atoms with van der Waals surface area (Å²) in [4.78, 5) is 0. The lowest BCUT2D eigenvalue weighted by Crippen LogP contribution is -1.88. The first-order valence-corrected chi connectivity index (χ1v) is 8.35. The third-order valence-corrected chi connectivity index (χ3v) is 3.58. The van der Waals surface area contributed by atoms with E-state index in [1.165, 1.54) is 32.7 Å². The topological polar surface area (TPSA) is 0 Å². The van der Waals surface area contributed by atoms with Gasteiger partial charge in [-0.1, -0.05) is 88.4 Å². The normalized spacial score (nSPS) is 10.1. The van der Waals surface area contributed by atoms with E-state index in [4.69, 9.17) is 0 Å². The van der Waals surface area contributed by atoms with Crippen molar-refractivity contribution in [2.75, 3.05) is 0 Å². The van der Waals surface area contributed by atoms with Crippen LogP contribution < -0.4 is 0 Å². The monoisotopic (exact) mass is 292 g/mol. The van der Waals surface area contributed by atoms with Crippen LogP contribution in [-0.4, -0.2) is 0 Å². The van der Waals surface area contributed by atoms with Crippen LogP contribution in [0.1, 0.15) is 45.7 Å². The molecule has 0 aromatic heterocycles. The molecule has 0 nitrogen and oxygen atoms in total. The van der Waals surface area contributed by atoms with Crippen LogP contribution in [0.2, 0.25) is 0 Å². The van der Waals surface area contributed by atoms with Crippen molar-refractivity contribution in [2.24, 2.45) is 0 Å². The van der Waals surface area contributed by atoms with Gasteiger partial charge in [0.1, 0.15) is 0 Å². The van der Waals surface area contributed by atoms with Crippen molar-refractivity contribution in [3.05, 3.63) is 65.7 Å². The van der Waals surface area contributed by atoms with Gasteiger partial charge in [-0.2, -0.15) is 0 Å². The lowest BCUT2D eigenvalue weighted by molar-refractivity contribution is 1.50. The Morgan fingerprint density at radius 1 is 0.636 bits per heavy atom. The summed E-state index contributed by atoms with van der Waals surface area (Å²) in [6.45, 7) is 12.3. The highest BCUT2D eigenvalue weighted by Gasteiger charge is 2.08. The van der Waals surface area contributed by atoms with Crippen LogP contribution in [0.5, 0.6) is 0 Å². The Bertz CT molecular complexity index is 748. The molecule has 0 unspecified atom stereocenters. The molecular weight excluding hydrogens is 264 g/mol. The quantitative estimate of drug-likeness (QED) is 0.410. The molecular formula is C22H28. The largest absolute Gasteiger partial charge is 0.0870 e. The highest BCUT2D eigenvalue weighted by molar-refractivity contribution is 6.12. The van der Waals surface area contributed by atoms with Crippen molar-refractivity contribution >= 4 is 27.6 Å². The zero-order chi connectivity index (χ0) is 16.5. The maximum absolute atomic E-state index is 2.21. The third kappa shape index (κ3) is 3.39. The molecule has 0 aliphatic heterocycles. The highest BCUT2D eigenvalue weighted by Crippen LogP contribution is 2.32. The number of fused-ring (bicyclic) bond motifs is 3. The average Bonchev–Trinajstić information content (AvgIpc) is 2.62. The lowest BCUT2D eigenvalue weighted by Gasteiger charge is -2.12. The van der Waals surface area contributed by atoms with Gasteiger partial charge in [0, 0.05) is 0 Å². The summed E-state index contributed by atoms with van der Waals surface area (Å²) in [6.07, 6.45) is 4.33. The van der Waals surface area contributed by atoms with Crippen LogP contribution in [-0.2, 0) is 0 Å². The van der Waals surface area contributed by atoms with Crippen molar-refractivity contribution in [1.29, 1.82) is 0 Å². The first kappa shape index (κ1) is 18.0. The Hall–Kier alpha value is -2.08. The van der Waals surface area contributed by atoms with E-state index in [0.717, 1.165) is 0 Å². The van der Waals surface area contributed by atoms with Crippen molar-refractivity contribution in [2.45, 2.75) is 41.5 Å². The van der Waals surface area contributed by atoms with Gasteiger partial charge in [0.05, 0.1) is 0 Å². The number of benzene rings is 3. The molecule has 0 heterocycles. The smallest absolute Gasteiger partial charge is 0.00992 e. The Balaban J connectivity index is 0.000000561. The minimum Gasteiger partial charge on any atom is -0.0870 e. The van der Waals surface area contributed by atoms with Gasteiger partial charge >= 0.3 is 0 Å². The Labute approximate surface area is 135 Å². The lowest BCUT2D eigenvalue weighted by atomic mass is 9.92. The van der Waals surface area contributed by atoms with E-state index in [2.05, 4.69) is 74.5 Å². The molecule has 0 fully saturated rings. The number of hydrogen-bond donors (Lipinski definition) is 0. The molecule has 0 heteroatoms. The number of hydrogen-bond acceptors (Lipinski definition) is 0. The second kappa shape index (κ2) is 9.04. The Morgan fingerprint density at radius 3 is 1.55 bits per heavy atom. The molecule has 22 heavy (non-hydrogen) atoms. The Morgan fingerprint density at radius 2 is 1.05 bits per heavy atom. The van der Waals surface area contributed by atoms with Crippen LogP contribution in [0.15, 0.2) is 54.6 Å². The van der Waals surface area contributed by atoms with Gasteiger partial charge in [0.2, 0.25) is 0 Å². The SMILES string of the molecule is C/C=C\c1c(C)c2ccccc2c2ccccc12.CC.CC. The number of rotatable bonds is 1. The molecule has 3 rings (SSSR count). The van der Waals surface area contributed by atoms with E-state index in [1.54, 1.807) is 0 Å². The zero-order valence-corrected chi connectivity index (χ0v) is 14.8. The fraction of sp³-hybridized carbons (Fsp3) is 0.273. The summed E-state index contributed by atoms with van der Waals surface area (Å²) in [5, 5.41) is 5.38. The number of aryl methyl sites for hydroxylation is 1. The van der Waals surface area contributed by atoms with Crippen molar-refractivity contribution < 1.29 is 0 Å². The maximum Gasteiger partial charge on any atom is -0.00992 e. The first-order chi connectivity index (χ1) is 10.8. The summed E-state index contributed by atoms with van der Waals surface area (Å²) in [5.41, 5.74) is 2.70. The van der Waals surface area contributed by atoms with Crippen LogP contribution in [0, 0.1) is 6.92 Å². The maximum atomic E-state index is 2.21. The fourth-order valence-electron chi connectivity index (χ4n) is 2.73. The summed E-state index contributed by atoms with van der Waals surface area (Å²) in [6, 6.07) is 17.3. The highest BCUT2D eigenvalue weighted by atomic mass is 14.1. The van der Waals surface area contributed by atoms with E-state index in [-0.39, 0.29) is 0 Å². The predicted octanol–water partition coefficient (Wildman–Crippen LogP) is 7.39. The zero-order valence-electron chi connectivity index (χ0n) is 14.8. The van der Waals surface area contributed by atoms with Crippen molar-refractivity contribution in [1.82, 2.24) is 0 Å². The van der Waals surface area contributed by atoms with Crippen LogP contribution in [0.4, 0.5) is 0 Å². The summed E-state index contributed by atoms with van der Waals surface area (Å²) in [5.74, 6) is 0. The molecule has 0 bridgehead atoms. The fourth-order valence-corrected chi connectivity index (χ4v) is 2.73. The minimum atomic E-state index is 1.34. The van der Waals surface area contributed by atoms with Gasteiger partial charge in [0.25, 0.3) is 0 Å². The molecule has 116 valence electrons. The molecule has 0 saturated heterocycles. The molecule has 0 spiro atoms. The minimum absolute atomic E-state index is 1.34. The van der Waals surface area contributed by atoms with Crippen LogP contribution >= 0.6 is 0 Å². The van der Waals surface area contributed by atoms with E-state index in [9.17, 15) is 0 Å². The second-order valence-electron chi connectivity index (χ2n) is 4.63. The Kier molecular flexibility index (Phi) is 7.39. The summed E-state index contributed by atoms with van der Waals surface area (Å²) < 4.78 is 0. The molecule has 0 saturated carbocycles. The molecule has 0 aliphatic carbocycles. The standard InChI is InChI=1S/C18H16.2C2H6/c1-3-8-14-13(2)15-9-4-5-11-17(15)18-12-7-6-10-16(14)18;2*1-2/h3-12H,1-2H3;2*1-2H3/b8-3-;;. The molecule has 0 amide bonds. The van der Waals surface area contributed by atoms with Gasteiger partial charge in [-0.25, -0.2) is 0 Å². The first-order valence-electron chi connectivity index (χ1n) is 8.35. The van der Waals surface area contributed by atoms with E-state index < -0.39 is 0 Å². The molecule has 0 N–H and O–H groups in total. The average molecular weight is 292 g/mol. The molecule has 0 aliphatic rings. The predicted molar refractivity (Wildman–Crippen MR) is 104 cm³/mol. The molecule has 0 radical (unpaired) electrons. The van der Waals surface area contributed by atoms with E-state index >= 15 is 0 Å². The summed E-state index contributed by atoms with van der Waals surface area (Å²) >= 11 is 0. The van der Waals surface area contributed by atoms with Gasteiger partial charge in [-0.05, 0) is 46.5 Å². The van der Waals surface area contributed by atoms with Gasteiger partial charge < -0.3 is 0 Å². The molecule has 0 atom stereocenters. The van der Waals surface area contributed by atoms with Gasteiger partial charge in [0.15, 0.2) is 0 Å². The van der Waals surface area contributed by atoms with E-state index in [0.29, 0.717) is 0 Å². The van der Waals surface area contributed by atoms with Gasteiger partial charge in [-0.15, -0.1) is 0 Å². The molecule has 3 aromatic carbocycles.